The summed E-state index contributed by atoms with van der Waals surface area (Å²) in [6, 6.07) is 4.00. The van der Waals surface area contributed by atoms with Crippen molar-refractivity contribution < 1.29 is 9.50 Å². The zero-order valence-corrected chi connectivity index (χ0v) is 11.3. The van der Waals surface area contributed by atoms with Crippen LogP contribution in [0, 0.1) is 12.7 Å². The van der Waals surface area contributed by atoms with E-state index in [2.05, 4.69) is 10.4 Å². The van der Waals surface area contributed by atoms with Crippen molar-refractivity contribution in [3.05, 3.63) is 47.0 Å². The molecule has 0 saturated carbocycles. The molecule has 1 aromatic heterocycles. The average Bonchev–Trinajstić information content (AvgIpc) is 2.67. The highest BCUT2D eigenvalue weighted by atomic mass is 19.1. The fraction of sp³-hybridized carbons (Fsp3) is 0.357. The number of aromatic nitrogens is 2. The summed E-state index contributed by atoms with van der Waals surface area (Å²) in [5.74, 6) is -0.459. The number of benzene rings is 1. The molecule has 0 aliphatic carbocycles. The van der Waals surface area contributed by atoms with Gasteiger partial charge in [-0.1, -0.05) is 6.07 Å². The maximum Gasteiger partial charge on any atom is 0.126 e. The van der Waals surface area contributed by atoms with Gasteiger partial charge in [0.2, 0.25) is 0 Å². The molecular weight excluding hydrogens is 245 g/mol. The molecule has 1 atom stereocenters. The summed E-state index contributed by atoms with van der Waals surface area (Å²) in [6.45, 7) is 4.58. The van der Waals surface area contributed by atoms with Gasteiger partial charge < -0.3 is 10.4 Å². The number of nitrogens with zero attached hydrogens (tertiary/aromatic N) is 2. The Hall–Kier alpha value is -1.88. The predicted molar refractivity (Wildman–Crippen MR) is 71.3 cm³/mol. The molecule has 102 valence electrons. The van der Waals surface area contributed by atoms with Crippen molar-refractivity contribution in [3.8, 4) is 5.75 Å². The summed E-state index contributed by atoms with van der Waals surface area (Å²) in [6.07, 6.45) is 1.82. The number of phenols is 1. The van der Waals surface area contributed by atoms with E-state index >= 15 is 0 Å². The lowest BCUT2D eigenvalue weighted by molar-refractivity contribution is 0.446. The molecule has 4 nitrogen and oxygen atoms in total. The van der Waals surface area contributed by atoms with Gasteiger partial charge in [-0.2, -0.15) is 5.10 Å². The second kappa shape index (κ2) is 5.40. The normalized spacial score (nSPS) is 12.6. The Balaban J connectivity index is 2.05. The minimum Gasteiger partial charge on any atom is -0.508 e. The number of aryl methyl sites for hydroxylation is 1. The SMILES string of the molecule is Cc1c(CNC(C)c2ccc(F)cc2O)cnn1C. The van der Waals surface area contributed by atoms with Gasteiger partial charge >= 0.3 is 0 Å². The van der Waals surface area contributed by atoms with Crippen LogP contribution in [0.25, 0.3) is 0 Å². The molecule has 0 spiro atoms. The fourth-order valence-corrected chi connectivity index (χ4v) is 1.97. The van der Waals surface area contributed by atoms with E-state index in [9.17, 15) is 9.50 Å². The topological polar surface area (TPSA) is 50.1 Å². The zero-order valence-electron chi connectivity index (χ0n) is 11.3. The molecular formula is C14H18FN3O. The lowest BCUT2D eigenvalue weighted by atomic mass is 10.1. The van der Waals surface area contributed by atoms with Crippen LogP contribution < -0.4 is 5.32 Å². The van der Waals surface area contributed by atoms with Gasteiger partial charge in [0, 0.05) is 42.5 Å². The predicted octanol–water partition coefficient (Wildman–Crippen LogP) is 2.42. The van der Waals surface area contributed by atoms with Gasteiger partial charge in [0.15, 0.2) is 0 Å². The van der Waals surface area contributed by atoms with E-state index in [1.54, 1.807) is 6.07 Å². The quantitative estimate of drug-likeness (QED) is 0.890. The van der Waals surface area contributed by atoms with Gasteiger partial charge in [0.05, 0.1) is 6.20 Å². The van der Waals surface area contributed by atoms with Gasteiger partial charge in [-0.05, 0) is 19.9 Å². The van der Waals surface area contributed by atoms with Gasteiger partial charge in [0.1, 0.15) is 11.6 Å². The van der Waals surface area contributed by atoms with E-state index in [4.69, 9.17) is 0 Å². The monoisotopic (exact) mass is 263 g/mol. The Kier molecular flexibility index (Phi) is 3.85. The highest BCUT2D eigenvalue weighted by Gasteiger charge is 2.12. The first-order valence-corrected chi connectivity index (χ1v) is 6.18. The third-order valence-corrected chi connectivity index (χ3v) is 3.39. The van der Waals surface area contributed by atoms with Gasteiger partial charge in [-0.3, -0.25) is 4.68 Å². The number of phenolic OH excluding ortho intramolecular Hbond substituents is 1. The molecule has 0 radical (unpaired) electrons. The van der Waals surface area contributed by atoms with Crippen molar-refractivity contribution >= 4 is 0 Å². The van der Waals surface area contributed by atoms with Crippen LogP contribution in [-0.4, -0.2) is 14.9 Å². The lowest BCUT2D eigenvalue weighted by Gasteiger charge is -2.15. The van der Waals surface area contributed by atoms with Crippen LogP contribution in [0.1, 0.15) is 29.8 Å². The van der Waals surface area contributed by atoms with Gasteiger partial charge in [-0.15, -0.1) is 0 Å². The standard InChI is InChI=1S/C14H18FN3O/c1-9(13-5-4-12(15)6-14(13)19)16-7-11-8-17-18(3)10(11)2/h4-6,8-9,16,19H,7H2,1-3H3. The lowest BCUT2D eigenvalue weighted by Crippen LogP contribution is -2.18. The number of hydrogen-bond acceptors (Lipinski definition) is 3. The molecule has 0 fully saturated rings. The highest BCUT2D eigenvalue weighted by molar-refractivity contribution is 5.35. The van der Waals surface area contributed by atoms with Crippen molar-refractivity contribution in [3.63, 3.8) is 0 Å². The molecule has 0 aliphatic heterocycles. The summed E-state index contributed by atoms with van der Waals surface area (Å²) < 4.78 is 14.7. The van der Waals surface area contributed by atoms with Crippen molar-refractivity contribution in [2.45, 2.75) is 26.4 Å². The van der Waals surface area contributed by atoms with E-state index in [1.807, 2.05) is 31.8 Å². The van der Waals surface area contributed by atoms with E-state index in [-0.39, 0.29) is 11.8 Å². The Morgan fingerprint density at radius 2 is 2.21 bits per heavy atom. The number of rotatable bonds is 4. The van der Waals surface area contributed by atoms with Crippen LogP contribution in [0.15, 0.2) is 24.4 Å². The Morgan fingerprint density at radius 1 is 1.47 bits per heavy atom. The summed E-state index contributed by atoms with van der Waals surface area (Å²) >= 11 is 0. The maximum atomic E-state index is 12.9. The third kappa shape index (κ3) is 2.93. The van der Waals surface area contributed by atoms with Crippen molar-refractivity contribution in [2.24, 2.45) is 7.05 Å². The van der Waals surface area contributed by atoms with Crippen LogP contribution in [-0.2, 0) is 13.6 Å². The smallest absolute Gasteiger partial charge is 0.126 e. The molecule has 1 aromatic carbocycles. The van der Waals surface area contributed by atoms with E-state index in [1.165, 1.54) is 6.07 Å². The summed E-state index contributed by atoms with van der Waals surface area (Å²) in [5.41, 5.74) is 2.89. The van der Waals surface area contributed by atoms with E-state index < -0.39 is 5.82 Å². The van der Waals surface area contributed by atoms with E-state index in [0.717, 1.165) is 17.3 Å². The van der Waals surface area contributed by atoms with Gasteiger partial charge in [-0.25, -0.2) is 4.39 Å². The molecule has 0 saturated heterocycles. The molecule has 0 amide bonds. The number of hydrogen-bond donors (Lipinski definition) is 2. The molecule has 0 bridgehead atoms. The van der Waals surface area contributed by atoms with Gasteiger partial charge in [0.25, 0.3) is 0 Å². The van der Waals surface area contributed by atoms with Crippen molar-refractivity contribution in [2.75, 3.05) is 0 Å². The maximum absolute atomic E-state index is 12.9. The second-order valence-corrected chi connectivity index (χ2v) is 4.68. The van der Waals surface area contributed by atoms with Crippen molar-refractivity contribution in [1.82, 2.24) is 15.1 Å². The molecule has 0 aliphatic rings. The van der Waals surface area contributed by atoms with Crippen LogP contribution in [0.5, 0.6) is 5.75 Å². The Morgan fingerprint density at radius 3 is 2.79 bits per heavy atom. The van der Waals surface area contributed by atoms with Crippen LogP contribution in [0.3, 0.4) is 0 Å². The minimum absolute atomic E-state index is 0.0251. The molecule has 2 rings (SSSR count). The molecule has 2 aromatic rings. The molecule has 1 heterocycles. The third-order valence-electron chi connectivity index (χ3n) is 3.39. The van der Waals surface area contributed by atoms with E-state index in [0.29, 0.717) is 12.1 Å². The molecule has 1 unspecified atom stereocenters. The second-order valence-electron chi connectivity index (χ2n) is 4.68. The zero-order chi connectivity index (χ0) is 14.0. The summed E-state index contributed by atoms with van der Waals surface area (Å²) in [5, 5.41) is 17.2. The molecule has 19 heavy (non-hydrogen) atoms. The molecule has 5 heteroatoms. The number of halogens is 1. The van der Waals surface area contributed by atoms with Crippen LogP contribution in [0.4, 0.5) is 4.39 Å². The van der Waals surface area contributed by atoms with Crippen LogP contribution >= 0.6 is 0 Å². The Bertz CT molecular complexity index is 580. The minimum atomic E-state index is -0.434. The summed E-state index contributed by atoms with van der Waals surface area (Å²) in [7, 11) is 1.90. The fourth-order valence-electron chi connectivity index (χ4n) is 1.97. The summed E-state index contributed by atoms with van der Waals surface area (Å²) in [4.78, 5) is 0. The first-order chi connectivity index (χ1) is 8.99. The first kappa shape index (κ1) is 13.5. The largest absolute Gasteiger partial charge is 0.508 e. The van der Waals surface area contributed by atoms with Crippen LogP contribution in [0.2, 0.25) is 0 Å². The number of nitrogens with one attached hydrogen (secondary N) is 1. The highest BCUT2D eigenvalue weighted by Crippen LogP contribution is 2.25. The number of aromatic hydroxyl groups is 1. The molecule has 2 N–H and O–H groups in total. The first-order valence-electron chi connectivity index (χ1n) is 6.18. The average molecular weight is 263 g/mol. The van der Waals surface area contributed by atoms with Crippen molar-refractivity contribution in [1.29, 1.82) is 0 Å². The Labute approximate surface area is 111 Å².